The van der Waals surface area contributed by atoms with Crippen LogP contribution in [0.2, 0.25) is 0 Å². The number of carboxylic acid groups (broad SMARTS) is 1. The van der Waals surface area contributed by atoms with E-state index in [9.17, 15) is 15.0 Å². The molecule has 2 atom stereocenters. The van der Waals surface area contributed by atoms with Gasteiger partial charge in [-0.25, -0.2) is 4.79 Å². The Balaban J connectivity index is 1.58. The number of nitrogens with zero attached hydrogens (tertiary/aromatic N) is 3. The molecule has 222 valence electrons. The minimum atomic E-state index is -1.52. The largest absolute Gasteiger partial charge is 0.497 e. The van der Waals surface area contributed by atoms with Crippen molar-refractivity contribution in [1.29, 1.82) is 0 Å². The van der Waals surface area contributed by atoms with Crippen molar-refractivity contribution >= 4 is 23.1 Å². The van der Waals surface area contributed by atoms with E-state index in [0.717, 1.165) is 11.1 Å². The quantitative estimate of drug-likeness (QED) is 0.266. The molecule has 0 aliphatic carbocycles. The number of benzene rings is 2. The van der Waals surface area contributed by atoms with Gasteiger partial charge in [0.25, 0.3) is 6.01 Å². The summed E-state index contributed by atoms with van der Waals surface area (Å²) in [4.78, 5) is 22.6. The molecule has 12 heteroatoms. The predicted molar refractivity (Wildman–Crippen MR) is 151 cm³/mol. The fraction of sp³-hybridized carbons (Fsp3) is 0.367. The van der Waals surface area contributed by atoms with Crippen molar-refractivity contribution in [2.75, 3.05) is 39.9 Å². The lowest BCUT2D eigenvalue weighted by molar-refractivity contribution is -0.166. The van der Waals surface area contributed by atoms with E-state index in [1.807, 2.05) is 29.2 Å². The van der Waals surface area contributed by atoms with Gasteiger partial charge in [-0.2, -0.15) is 4.98 Å². The molecule has 2 aromatic carbocycles. The number of methoxy groups -OCH3 is 4. The van der Waals surface area contributed by atoms with Crippen molar-refractivity contribution < 1.29 is 43.1 Å². The Morgan fingerprint density at radius 3 is 2.14 bits per heavy atom. The van der Waals surface area contributed by atoms with Crippen LogP contribution in [0.25, 0.3) is 11.1 Å². The van der Waals surface area contributed by atoms with Gasteiger partial charge in [-0.05, 0) is 24.3 Å². The molecule has 1 fully saturated rings. The number of aliphatic hydroxyl groups is 1. The molecule has 0 saturated carbocycles. The molecular formula is C30H33N3O9. The van der Waals surface area contributed by atoms with E-state index in [1.165, 1.54) is 6.20 Å². The van der Waals surface area contributed by atoms with Crippen molar-refractivity contribution in [3.8, 4) is 23.0 Å². The molecular weight excluding hydrogens is 546 g/mol. The number of hydrogen-bond acceptors (Lipinski definition) is 11. The third kappa shape index (κ3) is 5.76. The van der Waals surface area contributed by atoms with Crippen LogP contribution in [-0.4, -0.2) is 67.3 Å². The van der Waals surface area contributed by atoms with Crippen molar-refractivity contribution in [1.82, 2.24) is 9.97 Å². The summed E-state index contributed by atoms with van der Waals surface area (Å²) in [6.07, 6.45) is 1.93. The number of aliphatic carboxylic acids is 1. The molecule has 42 heavy (non-hydrogen) atoms. The van der Waals surface area contributed by atoms with E-state index >= 15 is 0 Å². The smallest absolute Gasteiger partial charge is 0.332 e. The number of oxazole rings is 1. The first-order valence-electron chi connectivity index (χ1n) is 13.3. The highest BCUT2D eigenvalue weighted by Gasteiger charge is 2.42. The summed E-state index contributed by atoms with van der Waals surface area (Å²) in [5.41, 5.74) is 1.27. The molecule has 0 bridgehead atoms. The van der Waals surface area contributed by atoms with Gasteiger partial charge in [-0.15, -0.1) is 0 Å². The maximum Gasteiger partial charge on any atom is 0.332 e. The molecule has 4 aromatic rings. The topological polar surface area (TPSA) is 146 Å². The summed E-state index contributed by atoms with van der Waals surface area (Å²) in [5.74, 6) is 1.41. The van der Waals surface area contributed by atoms with Crippen LogP contribution in [0.3, 0.4) is 0 Å². The summed E-state index contributed by atoms with van der Waals surface area (Å²) >= 11 is 0. The molecule has 0 amide bonds. The van der Waals surface area contributed by atoms with E-state index in [1.54, 1.807) is 46.8 Å². The van der Waals surface area contributed by atoms with E-state index < -0.39 is 17.7 Å². The van der Waals surface area contributed by atoms with Crippen LogP contribution in [0.1, 0.15) is 29.5 Å². The number of anilines is 1. The highest BCUT2D eigenvalue weighted by Crippen LogP contribution is 2.40. The average molecular weight is 580 g/mol. The molecule has 0 radical (unpaired) electrons. The standard InChI is InChI=1S/C30H33N3O9/c1-37-20-7-5-18(24(11-20)39-3)16-33(17-19-6-8-21(38-2)12-25(19)40-4)29-32-23-15-31-14-22(27(23)42-29)30(36)9-10-41-26(13-30)28(34)35/h5-8,11-12,14-15,26,36H,9-10,13,16-17H2,1-4H3,(H,34,35). The molecule has 3 heterocycles. The molecule has 5 rings (SSSR count). The molecule has 2 unspecified atom stereocenters. The number of ether oxygens (including phenoxy) is 5. The van der Waals surface area contributed by atoms with Gasteiger partial charge in [0.1, 0.15) is 34.1 Å². The molecule has 2 aromatic heterocycles. The number of rotatable bonds is 11. The maximum atomic E-state index is 11.6. The van der Waals surface area contributed by atoms with E-state index in [-0.39, 0.29) is 25.5 Å². The molecule has 1 aliphatic heterocycles. The lowest BCUT2D eigenvalue weighted by atomic mass is 9.84. The minimum absolute atomic E-state index is 0.0749. The highest BCUT2D eigenvalue weighted by molar-refractivity contribution is 5.78. The summed E-state index contributed by atoms with van der Waals surface area (Å²) in [6.45, 7) is 0.736. The van der Waals surface area contributed by atoms with Crippen LogP contribution in [0, 0.1) is 0 Å². The normalized spacial score (nSPS) is 18.5. The van der Waals surface area contributed by atoms with Crippen LogP contribution in [0.5, 0.6) is 23.0 Å². The number of pyridine rings is 1. The first-order chi connectivity index (χ1) is 20.3. The van der Waals surface area contributed by atoms with Crippen molar-refractivity contribution in [2.24, 2.45) is 0 Å². The molecule has 0 spiro atoms. The van der Waals surface area contributed by atoms with Crippen LogP contribution < -0.4 is 23.8 Å². The van der Waals surface area contributed by atoms with Gasteiger partial charge in [-0.3, -0.25) is 4.98 Å². The second-order valence-corrected chi connectivity index (χ2v) is 9.93. The van der Waals surface area contributed by atoms with Crippen LogP contribution in [0.4, 0.5) is 6.01 Å². The lowest BCUT2D eigenvalue weighted by Crippen LogP contribution is -2.42. The SMILES string of the molecule is COc1ccc(CN(Cc2ccc(OC)cc2OC)c2nc3cncc(C4(O)CCOC(C(=O)O)C4)c3o2)c(OC)c1. The Bertz CT molecular complexity index is 1520. The van der Waals surface area contributed by atoms with Gasteiger partial charge in [0.05, 0.1) is 54.3 Å². The van der Waals surface area contributed by atoms with Crippen LogP contribution in [0.15, 0.2) is 53.2 Å². The number of hydrogen-bond donors (Lipinski definition) is 2. The average Bonchev–Trinajstić information content (AvgIpc) is 3.45. The Morgan fingerprint density at radius 1 is 0.976 bits per heavy atom. The zero-order valence-electron chi connectivity index (χ0n) is 23.8. The van der Waals surface area contributed by atoms with E-state index in [4.69, 9.17) is 33.1 Å². The Morgan fingerprint density at radius 2 is 1.60 bits per heavy atom. The summed E-state index contributed by atoms with van der Waals surface area (Å²) in [7, 11) is 6.36. The highest BCUT2D eigenvalue weighted by atomic mass is 16.5. The van der Waals surface area contributed by atoms with Crippen LogP contribution >= 0.6 is 0 Å². The van der Waals surface area contributed by atoms with E-state index in [2.05, 4.69) is 4.98 Å². The second-order valence-electron chi connectivity index (χ2n) is 9.93. The van der Waals surface area contributed by atoms with Gasteiger partial charge < -0.3 is 43.2 Å². The first kappa shape index (κ1) is 29.0. The number of fused-ring (bicyclic) bond motifs is 1. The number of aromatic nitrogens is 2. The fourth-order valence-corrected chi connectivity index (χ4v) is 5.12. The van der Waals surface area contributed by atoms with Gasteiger partial charge in [0.15, 0.2) is 11.7 Å². The predicted octanol–water partition coefficient (Wildman–Crippen LogP) is 3.92. The fourth-order valence-electron chi connectivity index (χ4n) is 5.12. The summed E-state index contributed by atoms with van der Waals surface area (Å²) < 4.78 is 33.7. The maximum absolute atomic E-state index is 11.6. The number of carbonyl (C=O) groups is 1. The van der Waals surface area contributed by atoms with Gasteiger partial charge in [0.2, 0.25) is 0 Å². The third-order valence-corrected chi connectivity index (χ3v) is 7.40. The third-order valence-electron chi connectivity index (χ3n) is 7.40. The molecule has 1 aliphatic rings. The zero-order valence-corrected chi connectivity index (χ0v) is 23.8. The molecule has 12 nitrogen and oxygen atoms in total. The lowest BCUT2D eigenvalue weighted by Gasteiger charge is -2.35. The summed E-state index contributed by atoms with van der Waals surface area (Å²) in [5, 5.41) is 21.1. The van der Waals surface area contributed by atoms with Gasteiger partial charge in [0, 0.05) is 47.9 Å². The van der Waals surface area contributed by atoms with Crippen molar-refractivity contribution in [3.05, 3.63) is 65.5 Å². The minimum Gasteiger partial charge on any atom is -0.497 e. The zero-order chi connectivity index (χ0) is 29.9. The molecule has 2 N–H and O–H groups in total. The number of carboxylic acids is 1. The first-order valence-corrected chi connectivity index (χ1v) is 13.3. The summed E-state index contributed by atoms with van der Waals surface area (Å²) in [6, 6.07) is 11.4. The van der Waals surface area contributed by atoms with Crippen molar-refractivity contribution in [2.45, 2.75) is 37.6 Å². The second kappa shape index (κ2) is 12.1. The van der Waals surface area contributed by atoms with Crippen molar-refractivity contribution in [3.63, 3.8) is 0 Å². The Hall–Kier alpha value is -4.55. The van der Waals surface area contributed by atoms with Gasteiger partial charge in [-0.1, -0.05) is 0 Å². The monoisotopic (exact) mass is 579 g/mol. The molecule has 1 saturated heterocycles. The Labute approximate surface area is 242 Å². The van der Waals surface area contributed by atoms with Crippen LogP contribution in [-0.2, 0) is 28.2 Å². The van der Waals surface area contributed by atoms with E-state index in [0.29, 0.717) is 52.8 Å². The Kier molecular flexibility index (Phi) is 8.36. The van der Waals surface area contributed by atoms with Gasteiger partial charge >= 0.3 is 5.97 Å².